The fourth-order valence-corrected chi connectivity index (χ4v) is 2.22. The van der Waals surface area contributed by atoms with Crippen LogP contribution in [0.3, 0.4) is 0 Å². The first-order chi connectivity index (χ1) is 11.0. The summed E-state index contributed by atoms with van der Waals surface area (Å²) < 4.78 is 1.53. The standard InChI is InChI=1S/C15H11ClN4O3/c1-8-2-5-12-17-13(15(22)23)14(20(12)7-8)19-18-10-6-9(16)3-4-11(10)21/h2-7,21H,1H3,(H,22,23). The second-order valence-electron chi connectivity index (χ2n) is 4.86. The SMILES string of the molecule is Cc1ccc2nc(C(=O)O)c(N=Nc3cc(Cl)ccc3O)n2c1. The molecule has 7 nitrogen and oxygen atoms in total. The first kappa shape index (κ1) is 15.0. The lowest BCUT2D eigenvalue weighted by Gasteiger charge is -2.00. The van der Waals surface area contributed by atoms with Gasteiger partial charge < -0.3 is 10.2 Å². The lowest BCUT2D eigenvalue weighted by molar-refractivity contribution is 0.0692. The zero-order chi connectivity index (χ0) is 16.6. The van der Waals surface area contributed by atoms with Gasteiger partial charge in [0, 0.05) is 11.2 Å². The van der Waals surface area contributed by atoms with Gasteiger partial charge in [0.15, 0.2) is 11.5 Å². The molecule has 0 fully saturated rings. The number of aryl methyl sites for hydroxylation is 1. The molecule has 0 aliphatic heterocycles. The normalized spacial score (nSPS) is 11.4. The molecule has 116 valence electrons. The Labute approximate surface area is 135 Å². The molecule has 1 aromatic carbocycles. The van der Waals surface area contributed by atoms with Gasteiger partial charge in [0.25, 0.3) is 0 Å². The Morgan fingerprint density at radius 2 is 2.04 bits per heavy atom. The molecule has 0 atom stereocenters. The van der Waals surface area contributed by atoms with Crippen molar-refractivity contribution in [3.63, 3.8) is 0 Å². The molecule has 3 rings (SSSR count). The summed E-state index contributed by atoms with van der Waals surface area (Å²) in [5.74, 6) is -1.26. The maximum atomic E-state index is 11.4. The molecule has 0 aliphatic rings. The summed E-state index contributed by atoms with van der Waals surface area (Å²) >= 11 is 5.85. The number of carbonyl (C=O) groups is 1. The van der Waals surface area contributed by atoms with E-state index in [4.69, 9.17) is 11.6 Å². The second kappa shape index (κ2) is 5.69. The van der Waals surface area contributed by atoms with Crippen molar-refractivity contribution in [3.05, 3.63) is 52.8 Å². The smallest absolute Gasteiger partial charge is 0.358 e. The quantitative estimate of drug-likeness (QED) is 0.705. The molecule has 0 saturated heterocycles. The highest BCUT2D eigenvalue weighted by molar-refractivity contribution is 6.30. The molecule has 0 bridgehead atoms. The molecular weight excluding hydrogens is 320 g/mol. The van der Waals surface area contributed by atoms with Gasteiger partial charge in [0.05, 0.1) is 0 Å². The number of halogens is 1. The summed E-state index contributed by atoms with van der Waals surface area (Å²) in [6, 6.07) is 7.83. The lowest BCUT2D eigenvalue weighted by Crippen LogP contribution is -1.96. The Morgan fingerprint density at radius 3 is 2.78 bits per heavy atom. The number of hydrogen-bond acceptors (Lipinski definition) is 5. The number of phenolic OH excluding ortho intramolecular Hbond substituents is 1. The largest absolute Gasteiger partial charge is 0.506 e. The molecule has 0 amide bonds. The third-order valence-electron chi connectivity index (χ3n) is 3.13. The third kappa shape index (κ3) is 2.86. The van der Waals surface area contributed by atoms with Crippen LogP contribution in [0.2, 0.25) is 5.02 Å². The number of carboxylic acids is 1. The lowest BCUT2D eigenvalue weighted by atomic mass is 10.3. The average molecular weight is 331 g/mol. The number of phenols is 1. The van der Waals surface area contributed by atoms with Crippen molar-refractivity contribution in [2.45, 2.75) is 6.92 Å². The van der Waals surface area contributed by atoms with Gasteiger partial charge in [-0.1, -0.05) is 17.7 Å². The molecule has 0 radical (unpaired) electrons. The summed E-state index contributed by atoms with van der Waals surface area (Å²) in [4.78, 5) is 15.4. The number of azo groups is 1. The molecule has 0 saturated carbocycles. The minimum atomic E-state index is -1.21. The van der Waals surface area contributed by atoms with E-state index >= 15 is 0 Å². The van der Waals surface area contributed by atoms with Crippen LogP contribution in [0.1, 0.15) is 16.1 Å². The summed E-state index contributed by atoms with van der Waals surface area (Å²) in [6.45, 7) is 1.86. The van der Waals surface area contributed by atoms with Gasteiger partial charge in [-0.15, -0.1) is 10.2 Å². The van der Waals surface area contributed by atoms with Crippen molar-refractivity contribution in [2.24, 2.45) is 10.2 Å². The first-order valence-corrected chi connectivity index (χ1v) is 6.96. The van der Waals surface area contributed by atoms with Gasteiger partial charge in [-0.3, -0.25) is 4.40 Å². The van der Waals surface area contributed by atoms with Crippen LogP contribution in [0, 0.1) is 6.92 Å². The van der Waals surface area contributed by atoms with Crippen molar-refractivity contribution in [1.82, 2.24) is 9.38 Å². The molecule has 0 spiro atoms. The molecule has 2 heterocycles. The van der Waals surface area contributed by atoms with E-state index in [2.05, 4.69) is 15.2 Å². The van der Waals surface area contributed by atoms with Crippen molar-refractivity contribution in [2.75, 3.05) is 0 Å². The summed E-state index contributed by atoms with van der Waals surface area (Å²) in [5.41, 5.74) is 1.27. The Bertz CT molecular complexity index is 949. The first-order valence-electron chi connectivity index (χ1n) is 6.58. The van der Waals surface area contributed by atoms with Gasteiger partial charge in [-0.05, 0) is 36.8 Å². The molecule has 0 unspecified atom stereocenters. The number of rotatable bonds is 3. The molecule has 2 N–H and O–H groups in total. The number of imidazole rings is 1. The van der Waals surface area contributed by atoms with Crippen LogP contribution in [0.15, 0.2) is 46.8 Å². The summed E-state index contributed by atoms with van der Waals surface area (Å²) in [5, 5.41) is 27.3. The van der Waals surface area contributed by atoms with E-state index in [-0.39, 0.29) is 22.9 Å². The number of aromatic nitrogens is 2. The van der Waals surface area contributed by atoms with Crippen LogP contribution in [0.5, 0.6) is 5.75 Å². The van der Waals surface area contributed by atoms with E-state index in [0.717, 1.165) is 5.56 Å². The van der Waals surface area contributed by atoms with Crippen molar-refractivity contribution >= 4 is 34.7 Å². The van der Waals surface area contributed by atoms with Crippen LogP contribution in [0.4, 0.5) is 11.5 Å². The van der Waals surface area contributed by atoms with Crippen LogP contribution in [-0.4, -0.2) is 25.6 Å². The van der Waals surface area contributed by atoms with Crippen LogP contribution in [0.25, 0.3) is 5.65 Å². The van der Waals surface area contributed by atoms with E-state index in [1.807, 2.05) is 13.0 Å². The summed E-state index contributed by atoms with van der Waals surface area (Å²) in [6.07, 6.45) is 1.71. The molecule has 0 aliphatic carbocycles. The molecule has 23 heavy (non-hydrogen) atoms. The minimum absolute atomic E-state index is 0.0653. The number of aromatic hydroxyl groups is 1. The predicted octanol–water partition coefficient (Wildman–Crippen LogP) is 4.12. The van der Waals surface area contributed by atoms with Crippen LogP contribution < -0.4 is 0 Å². The average Bonchev–Trinajstić information content (AvgIpc) is 2.86. The zero-order valence-electron chi connectivity index (χ0n) is 11.9. The van der Waals surface area contributed by atoms with Crippen molar-refractivity contribution in [1.29, 1.82) is 0 Å². The number of pyridine rings is 1. The number of benzene rings is 1. The van der Waals surface area contributed by atoms with Crippen LogP contribution >= 0.6 is 11.6 Å². The maximum absolute atomic E-state index is 11.4. The Morgan fingerprint density at radius 1 is 1.26 bits per heavy atom. The Balaban J connectivity index is 2.16. The topological polar surface area (TPSA) is 99.5 Å². The van der Waals surface area contributed by atoms with Crippen molar-refractivity contribution in [3.8, 4) is 5.75 Å². The zero-order valence-corrected chi connectivity index (χ0v) is 12.7. The summed E-state index contributed by atoms with van der Waals surface area (Å²) in [7, 11) is 0. The fraction of sp³-hybridized carbons (Fsp3) is 0.0667. The minimum Gasteiger partial charge on any atom is -0.506 e. The third-order valence-corrected chi connectivity index (χ3v) is 3.37. The Hall–Kier alpha value is -2.93. The van der Waals surface area contributed by atoms with Gasteiger partial charge in [-0.25, -0.2) is 9.78 Å². The number of fused-ring (bicyclic) bond motifs is 1. The highest BCUT2D eigenvalue weighted by Crippen LogP contribution is 2.32. The highest BCUT2D eigenvalue weighted by Gasteiger charge is 2.18. The van der Waals surface area contributed by atoms with Gasteiger partial charge in [-0.2, -0.15) is 0 Å². The highest BCUT2D eigenvalue weighted by atomic mass is 35.5. The van der Waals surface area contributed by atoms with Gasteiger partial charge in [0.2, 0.25) is 0 Å². The maximum Gasteiger partial charge on any atom is 0.358 e. The van der Waals surface area contributed by atoms with Gasteiger partial charge >= 0.3 is 5.97 Å². The van der Waals surface area contributed by atoms with E-state index in [1.54, 1.807) is 12.3 Å². The number of nitrogens with zero attached hydrogens (tertiary/aromatic N) is 4. The predicted molar refractivity (Wildman–Crippen MR) is 84.2 cm³/mol. The number of carboxylic acid groups (broad SMARTS) is 1. The monoisotopic (exact) mass is 330 g/mol. The number of aromatic carboxylic acids is 1. The molecule has 3 aromatic rings. The van der Waals surface area contributed by atoms with Crippen LogP contribution in [-0.2, 0) is 0 Å². The Kier molecular flexibility index (Phi) is 3.71. The molecule has 2 aromatic heterocycles. The molecule has 8 heteroatoms. The second-order valence-corrected chi connectivity index (χ2v) is 5.29. The van der Waals surface area contributed by atoms with E-state index in [9.17, 15) is 15.0 Å². The van der Waals surface area contributed by atoms with Crippen molar-refractivity contribution < 1.29 is 15.0 Å². The fourth-order valence-electron chi connectivity index (χ4n) is 2.06. The number of hydrogen-bond donors (Lipinski definition) is 2. The van der Waals surface area contributed by atoms with Gasteiger partial charge in [0.1, 0.15) is 17.1 Å². The van der Waals surface area contributed by atoms with E-state index in [1.165, 1.54) is 22.6 Å². The molecular formula is C15H11ClN4O3. The van der Waals surface area contributed by atoms with E-state index in [0.29, 0.717) is 10.7 Å². The van der Waals surface area contributed by atoms with E-state index < -0.39 is 5.97 Å².